The van der Waals surface area contributed by atoms with E-state index in [1.54, 1.807) is 0 Å². The third-order valence-electron chi connectivity index (χ3n) is 2.47. The van der Waals surface area contributed by atoms with Crippen LogP contribution in [-0.2, 0) is 4.74 Å². The molecule has 0 aromatic rings. The number of hydrogen-bond donors (Lipinski definition) is 2. The molecular weight excluding hydrogens is 194 g/mol. The van der Waals surface area contributed by atoms with Gasteiger partial charge in [0.1, 0.15) is 12.7 Å². The van der Waals surface area contributed by atoms with Crippen LogP contribution in [0.15, 0.2) is 0 Å². The Labute approximate surface area is 89.8 Å². The topological polar surface area (TPSA) is 72.6 Å². The van der Waals surface area contributed by atoms with Crippen molar-refractivity contribution in [1.29, 1.82) is 0 Å². The van der Waals surface area contributed by atoms with Crippen molar-refractivity contribution in [3.05, 3.63) is 0 Å². The number of aliphatic hydroxyl groups excluding tert-OH is 1. The van der Waals surface area contributed by atoms with Gasteiger partial charge in [-0.15, -0.1) is 5.92 Å². The zero-order valence-corrected chi connectivity index (χ0v) is 8.74. The number of carbonyl (C=O) groups excluding carboxylic acids is 1. The molecule has 1 aliphatic carbocycles. The number of amides is 1. The molecule has 0 aromatic carbocycles. The van der Waals surface area contributed by atoms with Gasteiger partial charge in [-0.1, -0.05) is 18.8 Å². The standard InChI is InChI=1S/C11H17NO3/c12-11(14)15-8-10(13)9-6-4-2-1-3-5-7-9/h9-10,13H,1-4,6,8H2,(H2,12,14). The second kappa shape index (κ2) is 6.31. The molecule has 1 rings (SSSR count). The minimum absolute atomic E-state index is 0.0608. The van der Waals surface area contributed by atoms with E-state index in [2.05, 4.69) is 16.6 Å². The van der Waals surface area contributed by atoms with Gasteiger partial charge in [-0.2, -0.15) is 0 Å². The molecule has 0 saturated carbocycles. The first kappa shape index (κ1) is 11.9. The van der Waals surface area contributed by atoms with Crippen LogP contribution in [0.2, 0.25) is 0 Å². The molecule has 0 fully saturated rings. The molecule has 15 heavy (non-hydrogen) atoms. The molecule has 0 radical (unpaired) electrons. The van der Waals surface area contributed by atoms with E-state index >= 15 is 0 Å². The highest BCUT2D eigenvalue weighted by Gasteiger charge is 2.18. The largest absolute Gasteiger partial charge is 0.447 e. The highest BCUT2D eigenvalue weighted by molar-refractivity contribution is 5.64. The number of rotatable bonds is 3. The highest BCUT2D eigenvalue weighted by Crippen LogP contribution is 2.16. The first-order valence-corrected chi connectivity index (χ1v) is 5.29. The van der Waals surface area contributed by atoms with Crippen LogP contribution >= 0.6 is 0 Å². The van der Waals surface area contributed by atoms with Crippen molar-refractivity contribution < 1.29 is 14.6 Å². The molecule has 1 amide bonds. The van der Waals surface area contributed by atoms with Crippen LogP contribution in [0.5, 0.6) is 0 Å². The lowest BCUT2D eigenvalue weighted by Crippen LogP contribution is -2.28. The van der Waals surface area contributed by atoms with Gasteiger partial charge in [-0.05, 0) is 12.8 Å². The molecule has 0 aliphatic heterocycles. The van der Waals surface area contributed by atoms with Crippen LogP contribution < -0.4 is 5.73 Å². The number of hydrogen-bond acceptors (Lipinski definition) is 3. The average Bonchev–Trinajstić information content (AvgIpc) is 2.13. The maximum Gasteiger partial charge on any atom is 0.404 e. The van der Waals surface area contributed by atoms with Gasteiger partial charge in [0.05, 0.1) is 0 Å². The lowest BCUT2D eigenvalue weighted by Gasteiger charge is -2.18. The predicted octanol–water partition coefficient (Wildman–Crippen LogP) is 1.03. The molecule has 2 atom stereocenters. The quantitative estimate of drug-likeness (QED) is 0.685. The normalized spacial score (nSPS) is 22.9. The first-order chi connectivity index (χ1) is 7.20. The molecule has 0 aromatic heterocycles. The van der Waals surface area contributed by atoms with Crippen molar-refractivity contribution >= 4 is 6.09 Å². The summed E-state index contributed by atoms with van der Waals surface area (Å²) in [6, 6.07) is 0. The summed E-state index contributed by atoms with van der Waals surface area (Å²) in [5.41, 5.74) is 4.82. The fourth-order valence-electron chi connectivity index (χ4n) is 1.60. The van der Waals surface area contributed by atoms with Crippen LogP contribution in [0.3, 0.4) is 0 Å². The summed E-state index contributed by atoms with van der Waals surface area (Å²) in [4.78, 5) is 10.4. The molecule has 1 aliphatic rings. The Morgan fingerprint density at radius 1 is 1.53 bits per heavy atom. The highest BCUT2D eigenvalue weighted by atomic mass is 16.6. The Morgan fingerprint density at radius 3 is 3.07 bits per heavy atom. The summed E-state index contributed by atoms with van der Waals surface area (Å²) < 4.78 is 4.55. The van der Waals surface area contributed by atoms with E-state index in [-0.39, 0.29) is 12.5 Å². The van der Waals surface area contributed by atoms with Gasteiger partial charge in [0.15, 0.2) is 0 Å². The van der Waals surface area contributed by atoms with Crippen LogP contribution in [0, 0.1) is 17.8 Å². The van der Waals surface area contributed by atoms with Crippen LogP contribution in [0.1, 0.15) is 32.1 Å². The van der Waals surface area contributed by atoms with Crippen molar-refractivity contribution in [3.8, 4) is 11.8 Å². The Morgan fingerprint density at radius 2 is 2.33 bits per heavy atom. The molecular formula is C11H17NO3. The van der Waals surface area contributed by atoms with E-state index < -0.39 is 12.2 Å². The van der Waals surface area contributed by atoms with Crippen LogP contribution in [-0.4, -0.2) is 23.9 Å². The van der Waals surface area contributed by atoms with E-state index in [0.29, 0.717) is 0 Å². The summed E-state index contributed by atoms with van der Waals surface area (Å²) >= 11 is 0. The second-order valence-corrected chi connectivity index (χ2v) is 3.72. The summed E-state index contributed by atoms with van der Waals surface area (Å²) in [5.74, 6) is 5.94. The number of nitrogens with two attached hydrogens (primary N) is 1. The smallest absolute Gasteiger partial charge is 0.404 e. The monoisotopic (exact) mass is 211 g/mol. The summed E-state index contributed by atoms with van der Waals surface area (Å²) in [5, 5.41) is 9.70. The van der Waals surface area contributed by atoms with Crippen molar-refractivity contribution in [3.63, 3.8) is 0 Å². The van der Waals surface area contributed by atoms with E-state index in [9.17, 15) is 9.90 Å². The van der Waals surface area contributed by atoms with Gasteiger partial charge in [-0.3, -0.25) is 0 Å². The maximum atomic E-state index is 10.4. The molecule has 0 spiro atoms. The van der Waals surface area contributed by atoms with E-state index in [0.717, 1.165) is 32.1 Å². The van der Waals surface area contributed by atoms with E-state index in [1.807, 2.05) is 0 Å². The summed E-state index contributed by atoms with van der Waals surface area (Å²) in [7, 11) is 0. The number of aliphatic hydroxyl groups is 1. The second-order valence-electron chi connectivity index (χ2n) is 3.72. The minimum Gasteiger partial charge on any atom is -0.447 e. The first-order valence-electron chi connectivity index (χ1n) is 5.29. The third-order valence-corrected chi connectivity index (χ3v) is 2.47. The third kappa shape index (κ3) is 4.71. The molecule has 3 N–H and O–H groups in total. The van der Waals surface area contributed by atoms with Crippen molar-refractivity contribution in [2.75, 3.05) is 6.61 Å². The van der Waals surface area contributed by atoms with Crippen LogP contribution in [0.4, 0.5) is 4.79 Å². The Kier molecular flexibility index (Phi) is 4.99. The molecule has 0 saturated heterocycles. The molecule has 4 heteroatoms. The van der Waals surface area contributed by atoms with E-state index in [1.165, 1.54) is 0 Å². The predicted molar refractivity (Wildman–Crippen MR) is 55.9 cm³/mol. The minimum atomic E-state index is -0.854. The van der Waals surface area contributed by atoms with Crippen molar-refractivity contribution in [1.82, 2.24) is 0 Å². The summed E-state index contributed by atoms with van der Waals surface area (Å²) in [6.07, 6.45) is 3.52. The van der Waals surface area contributed by atoms with E-state index in [4.69, 9.17) is 5.73 Å². The molecule has 2 unspecified atom stereocenters. The fourth-order valence-corrected chi connectivity index (χ4v) is 1.60. The van der Waals surface area contributed by atoms with Gasteiger partial charge in [0.25, 0.3) is 0 Å². The Hall–Kier alpha value is -1.21. The van der Waals surface area contributed by atoms with Gasteiger partial charge < -0.3 is 15.6 Å². The number of carbonyl (C=O) groups is 1. The SMILES string of the molecule is NC(=O)OCC(O)C1C#CCCCCC1. The summed E-state index contributed by atoms with van der Waals surface area (Å²) in [6.45, 7) is -0.0608. The average molecular weight is 211 g/mol. The molecule has 84 valence electrons. The Balaban J connectivity index is 2.41. The van der Waals surface area contributed by atoms with Gasteiger partial charge in [0.2, 0.25) is 0 Å². The van der Waals surface area contributed by atoms with Gasteiger partial charge >= 0.3 is 6.09 Å². The number of primary amides is 1. The van der Waals surface area contributed by atoms with Gasteiger partial charge in [0, 0.05) is 12.3 Å². The van der Waals surface area contributed by atoms with Crippen molar-refractivity contribution in [2.24, 2.45) is 11.7 Å². The Bertz CT molecular complexity index is 267. The van der Waals surface area contributed by atoms with Gasteiger partial charge in [-0.25, -0.2) is 4.79 Å². The zero-order valence-electron chi connectivity index (χ0n) is 8.74. The maximum absolute atomic E-state index is 10.4. The lowest BCUT2D eigenvalue weighted by atomic mass is 9.94. The fraction of sp³-hybridized carbons (Fsp3) is 0.727. The van der Waals surface area contributed by atoms with Crippen molar-refractivity contribution in [2.45, 2.75) is 38.2 Å². The molecule has 0 bridgehead atoms. The zero-order chi connectivity index (χ0) is 11.1. The molecule has 4 nitrogen and oxygen atoms in total. The van der Waals surface area contributed by atoms with Crippen LogP contribution in [0.25, 0.3) is 0 Å². The lowest BCUT2D eigenvalue weighted by molar-refractivity contribution is 0.0478. The number of ether oxygens (including phenoxy) is 1. The molecule has 0 heterocycles.